The molecule has 1 aromatic rings. The van der Waals surface area contributed by atoms with Crippen LogP contribution in [0.25, 0.3) is 0 Å². The van der Waals surface area contributed by atoms with Gasteiger partial charge in [-0.1, -0.05) is 0 Å². The molecule has 1 fully saturated rings. The fourth-order valence-corrected chi connectivity index (χ4v) is 2.62. The van der Waals surface area contributed by atoms with Crippen LogP contribution in [0.1, 0.15) is 51.8 Å². The summed E-state index contributed by atoms with van der Waals surface area (Å²) in [6, 6.07) is 2.92. The molecule has 0 aromatic carbocycles. The minimum absolute atomic E-state index is 0.291. The molecule has 4 nitrogen and oxygen atoms in total. The third-order valence-corrected chi connectivity index (χ3v) is 3.58. The van der Waals surface area contributed by atoms with Crippen LogP contribution < -0.4 is 0 Å². The van der Waals surface area contributed by atoms with Gasteiger partial charge in [-0.15, -0.1) is 0 Å². The number of aromatic nitrogens is 2. The number of hydrogen-bond acceptors (Lipinski definition) is 3. The highest BCUT2D eigenvalue weighted by Crippen LogP contribution is 2.22. The molecule has 1 unspecified atom stereocenters. The Morgan fingerprint density at radius 1 is 1.56 bits per heavy atom. The largest absolute Gasteiger partial charge is 0.300 e. The second-order valence-electron chi connectivity index (χ2n) is 5.55. The fraction of sp³-hybridized carbons (Fsp3) is 0.714. The number of ketones is 1. The lowest BCUT2D eigenvalue weighted by molar-refractivity contribution is -0.118. The van der Waals surface area contributed by atoms with Crippen LogP contribution in [0.3, 0.4) is 0 Å². The monoisotopic (exact) mass is 249 g/mol. The zero-order chi connectivity index (χ0) is 13.1. The average molecular weight is 249 g/mol. The van der Waals surface area contributed by atoms with Crippen molar-refractivity contribution in [3.05, 3.63) is 18.0 Å². The molecular weight excluding hydrogens is 226 g/mol. The Labute approximate surface area is 109 Å². The normalized spacial score (nSPS) is 20.8. The zero-order valence-electron chi connectivity index (χ0n) is 11.6. The standard InChI is InChI=1S/C14H23N3O/c1-11(2)17-8-6-13(15-17)10-16-7-4-5-14(16)9-12(3)18/h6,8,11,14H,4-5,7,9-10H2,1-3H3. The van der Waals surface area contributed by atoms with Crippen molar-refractivity contribution in [2.24, 2.45) is 0 Å². The summed E-state index contributed by atoms with van der Waals surface area (Å²) in [4.78, 5) is 13.6. The second-order valence-corrected chi connectivity index (χ2v) is 5.55. The molecule has 1 saturated heterocycles. The summed E-state index contributed by atoms with van der Waals surface area (Å²) in [6.07, 6.45) is 5.06. The highest BCUT2D eigenvalue weighted by Gasteiger charge is 2.25. The smallest absolute Gasteiger partial charge is 0.131 e. The van der Waals surface area contributed by atoms with E-state index in [-0.39, 0.29) is 0 Å². The van der Waals surface area contributed by atoms with Crippen LogP contribution in [0, 0.1) is 0 Å². The van der Waals surface area contributed by atoms with Gasteiger partial charge in [0.2, 0.25) is 0 Å². The molecule has 0 bridgehead atoms. The topological polar surface area (TPSA) is 38.1 Å². The van der Waals surface area contributed by atoms with Crippen molar-refractivity contribution < 1.29 is 4.79 Å². The van der Waals surface area contributed by atoms with Gasteiger partial charge in [0.05, 0.1) is 5.69 Å². The lowest BCUT2D eigenvalue weighted by Crippen LogP contribution is -2.30. The van der Waals surface area contributed by atoms with Crippen LogP contribution in [0.2, 0.25) is 0 Å². The Kier molecular flexibility index (Phi) is 4.17. The molecule has 4 heteroatoms. The Bertz CT molecular complexity index is 411. The van der Waals surface area contributed by atoms with E-state index >= 15 is 0 Å². The number of Topliss-reactive ketones (excluding diaryl/α,β-unsaturated/α-hetero) is 1. The molecule has 1 atom stereocenters. The minimum atomic E-state index is 0.291. The summed E-state index contributed by atoms with van der Waals surface area (Å²) in [5.41, 5.74) is 1.11. The van der Waals surface area contributed by atoms with Gasteiger partial charge in [-0.3, -0.25) is 14.4 Å². The number of carbonyl (C=O) groups excluding carboxylic acids is 1. The average Bonchev–Trinajstić information content (AvgIpc) is 2.89. The number of hydrogen-bond donors (Lipinski definition) is 0. The van der Waals surface area contributed by atoms with E-state index in [1.807, 2.05) is 10.9 Å². The van der Waals surface area contributed by atoms with E-state index in [2.05, 4.69) is 29.9 Å². The van der Waals surface area contributed by atoms with Gasteiger partial charge in [-0.2, -0.15) is 5.10 Å². The van der Waals surface area contributed by atoms with E-state index in [4.69, 9.17) is 0 Å². The predicted molar refractivity (Wildman–Crippen MR) is 71.3 cm³/mol. The van der Waals surface area contributed by atoms with Gasteiger partial charge in [0.25, 0.3) is 0 Å². The Hall–Kier alpha value is -1.16. The molecular formula is C14H23N3O. The van der Waals surface area contributed by atoms with Crippen molar-refractivity contribution >= 4 is 5.78 Å². The van der Waals surface area contributed by atoms with E-state index in [1.165, 1.54) is 6.42 Å². The molecule has 18 heavy (non-hydrogen) atoms. The molecule has 0 spiro atoms. The van der Waals surface area contributed by atoms with Crippen LogP contribution in [0.4, 0.5) is 0 Å². The highest BCUT2D eigenvalue weighted by molar-refractivity contribution is 5.76. The van der Waals surface area contributed by atoms with Gasteiger partial charge in [-0.25, -0.2) is 0 Å². The summed E-state index contributed by atoms with van der Waals surface area (Å²) in [5, 5.41) is 4.58. The van der Waals surface area contributed by atoms with E-state index in [0.29, 0.717) is 24.3 Å². The molecule has 2 heterocycles. The first-order valence-corrected chi connectivity index (χ1v) is 6.84. The first-order valence-electron chi connectivity index (χ1n) is 6.84. The van der Waals surface area contributed by atoms with Gasteiger partial charge in [0.1, 0.15) is 5.78 Å². The number of likely N-dealkylation sites (tertiary alicyclic amines) is 1. The molecule has 0 saturated carbocycles. The van der Waals surface area contributed by atoms with Gasteiger partial charge >= 0.3 is 0 Å². The van der Waals surface area contributed by atoms with Gasteiger partial charge in [0, 0.05) is 31.2 Å². The van der Waals surface area contributed by atoms with Crippen molar-refractivity contribution in [3.8, 4) is 0 Å². The third kappa shape index (κ3) is 3.19. The van der Waals surface area contributed by atoms with E-state index < -0.39 is 0 Å². The summed E-state index contributed by atoms with van der Waals surface area (Å²) in [6.45, 7) is 7.91. The maximum atomic E-state index is 11.2. The van der Waals surface area contributed by atoms with Crippen LogP contribution in [-0.2, 0) is 11.3 Å². The van der Waals surface area contributed by atoms with Crippen LogP contribution in [0.15, 0.2) is 12.3 Å². The molecule has 2 rings (SSSR count). The Morgan fingerprint density at radius 2 is 2.33 bits per heavy atom. The Morgan fingerprint density at radius 3 is 2.94 bits per heavy atom. The fourth-order valence-electron chi connectivity index (χ4n) is 2.62. The third-order valence-electron chi connectivity index (χ3n) is 3.58. The highest BCUT2D eigenvalue weighted by atomic mass is 16.1. The van der Waals surface area contributed by atoms with Gasteiger partial charge in [0.15, 0.2) is 0 Å². The summed E-state index contributed by atoms with van der Waals surface area (Å²) < 4.78 is 1.99. The summed E-state index contributed by atoms with van der Waals surface area (Å²) in [7, 11) is 0. The molecule has 0 amide bonds. The van der Waals surface area contributed by atoms with Crippen molar-refractivity contribution in [2.45, 2.75) is 58.7 Å². The van der Waals surface area contributed by atoms with Crippen molar-refractivity contribution in [2.75, 3.05) is 6.54 Å². The quantitative estimate of drug-likeness (QED) is 0.804. The van der Waals surface area contributed by atoms with E-state index in [0.717, 1.165) is 25.2 Å². The number of carbonyl (C=O) groups is 1. The lowest BCUT2D eigenvalue weighted by atomic mass is 10.1. The van der Waals surface area contributed by atoms with Crippen LogP contribution in [0.5, 0.6) is 0 Å². The zero-order valence-corrected chi connectivity index (χ0v) is 11.6. The molecule has 100 valence electrons. The molecule has 1 aliphatic heterocycles. The maximum Gasteiger partial charge on any atom is 0.131 e. The summed E-state index contributed by atoms with van der Waals surface area (Å²) >= 11 is 0. The Balaban J connectivity index is 1.96. The van der Waals surface area contributed by atoms with Crippen molar-refractivity contribution in [1.82, 2.24) is 14.7 Å². The van der Waals surface area contributed by atoms with Crippen molar-refractivity contribution in [3.63, 3.8) is 0 Å². The maximum absolute atomic E-state index is 11.2. The number of rotatable bonds is 5. The van der Waals surface area contributed by atoms with Gasteiger partial charge in [-0.05, 0) is 46.2 Å². The molecule has 1 aromatic heterocycles. The molecule has 0 radical (unpaired) electrons. The van der Waals surface area contributed by atoms with Gasteiger partial charge < -0.3 is 0 Å². The predicted octanol–water partition coefficient (Wildman–Crippen LogP) is 2.41. The first kappa shape index (κ1) is 13.3. The lowest BCUT2D eigenvalue weighted by Gasteiger charge is -2.22. The van der Waals surface area contributed by atoms with Crippen molar-refractivity contribution in [1.29, 1.82) is 0 Å². The molecule has 0 aliphatic carbocycles. The SMILES string of the molecule is CC(=O)CC1CCCN1Cc1ccn(C(C)C)n1. The summed E-state index contributed by atoms with van der Waals surface area (Å²) in [5.74, 6) is 0.291. The van der Waals surface area contributed by atoms with E-state index in [1.54, 1.807) is 6.92 Å². The van der Waals surface area contributed by atoms with Crippen LogP contribution in [-0.4, -0.2) is 33.1 Å². The second kappa shape index (κ2) is 5.65. The van der Waals surface area contributed by atoms with E-state index in [9.17, 15) is 4.79 Å². The minimum Gasteiger partial charge on any atom is -0.300 e. The molecule has 0 N–H and O–H groups in total. The first-order chi connectivity index (χ1) is 8.56. The van der Waals surface area contributed by atoms with Crippen LogP contribution >= 0.6 is 0 Å². The number of nitrogens with zero attached hydrogens (tertiary/aromatic N) is 3. The molecule has 1 aliphatic rings.